The van der Waals surface area contributed by atoms with Crippen LogP contribution in [0.4, 0.5) is 0 Å². The quantitative estimate of drug-likeness (QED) is 0.461. The molecule has 0 saturated heterocycles. The van der Waals surface area contributed by atoms with Crippen LogP contribution < -0.4 is 0 Å². The minimum Gasteiger partial charge on any atom is -0.272 e. The molecule has 0 unspecified atom stereocenters. The van der Waals surface area contributed by atoms with Gasteiger partial charge in [0.25, 0.3) is 0 Å². The number of carbonyl (C=O) groups is 1. The Balaban J connectivity index is 1.92. The number of hydrogen-bond donors (Lipinski definition) is 0. The molecule has 3 nitrogen and oxygen atoms in total. The first kappa shape index (κ1) is 21.1. The molecule has 0 heterocycles. The van der Waals surface area contributed by atoms with Crippen molar-refractivity contribution >= 4 is 16.7 Å². The standard InChI is InChI=1S/C26H31NO2/c1-19(18-21-12-7-6-8-13-21)25(28)27(29-26(3,4)5)20(2)23-17-11-15-22-14-9-10-16-24(22)23/h6-17,19-20H,18H2,1-5H3/t19-,20+/m0/s1. The first-order valence-corrected chi connectivity index (χ1v) is 10.3. The van der Waals surface area contributed by atoms with Crippen LogP contribution in [0.5, 0.6) is 0 Å². The van der Waals surface area contributed by atoms with Crippen LogP contribution in [-0.2, 0) is 16.1 Å². The Hall–Kier alpha value is -2.65. The molecular weight excluding hydrogens is 358 g/mol. The predicted molar refractivity (Wildman–Crippen MR) is 119 cm³/mol. The van der Waals surface area contributed by atoms with Crippen LogP contribution in [0.15, 0.2) is 72.8 Å². The Morgan fingerprint density at radius 1 is 0.897 bits per heavy atom. The number of hydroxylamine groups is 2. The summed E-state index contributed by atoms with van der Waals surface area (Å²) in [4.78, 5) is 19.7. The SMILES string of the molecule is C[C@H](c1cccc2ccccc12)N(OC(C)(C)C)C(=O)[C@@H](C)Cc1ccccc1. The summed E-state index contributed by atoms with van der Waals surface area (Å²) in [6, 6.07) is 24.4. The maximum Gasteiger partial charge on any atom is 0.249 e. The highest BCUT2D eigenvalue weighted by atomic mass is 16.7. The normalized spacial score (nSPS) is 13.8. The number of hydrogen-bond acceptors (Lipinski definition) is 2. The first-order chi connectivity index (χ1) is 13.8. The Bertz CT molecular complexity index is 954. The summed E-state index contributed by atoms with van der Waals surface area (Å²) in [7, 11) is 0. The summed E-state index contributed by atoms with van der Waals surface area (Å²) in [6.07, 6.45) is 0.686. The van der Waals surface area contributed by atoms with Gasteiger partial charge in [0.1, 0.15) is 0 Å². The van der Waals surface area contributed by atoms with E-state index in [2.05, 4.69) is 36.4 Å². The molecule has 0 fully saturated rings. The second kappa shape index (κ2) is 8.79. The molecule has 152 valence electrons. The van der Waals surface area contributed by atoms with Crippen LogP contribution in [0.3, 0.4) is 0 Å². The molecule has 0 radical (unpaired) electrons. The van der Waals surface area contributed by atoms with Gasteiger partial charge >= 0.3 is 0 Å². The van der Waals surface area contributed by atoms with E-state index < -0.39 is 5.60 Å². The van der Waals surface area contributed by atoms with E-state index in [1.54, 1.807) is 5.06 Å². The fourth-order valence-corrected chi connectivity index (χ4v) is 3.62. The molecule has 0 aliphatic rings. The fourth-order valence-electron chi connectivity index (χ4n) is 3.62. The highest BCUT2D eigenvalue weighted by Gasteiger charge is 2.31. The zero-order chi connectivity index (χ0) is 21.0. The second-order valence-corrected chi connectivity index (χ2v) is 8.70. The van der Waals surface area contributed by atoms with Gasteiger partial charge < -0.3 is 0 Å². The number of benzene rings is 3. The van der Waals surface area contributed by atoms with Crippen LogP contribution in [0.2, 0.25) is 0 Å². The molecule has 0 bridgehead atoms. The van der Waals surface area contributed by atoms with Crippen molar-refractivity contribution in [1.82, 2.24) is 5.06 Å². The smallest absolute Gasteiger partial charge is 0.249 e. The van der Waals surface area contributed by atoms with Crippen LogP contribution in [0.1, 0.15) is 51.8 Å². The molecule has 2 atom stereocenters. The van der Waals surface area contributed by atoms with Gasteiger partial charge in [0.15, 0.2) is 0 Å². The van der Waals surface area contributed by atoms with E-state index in [1.165, 1.54) is 0 Å². The van der Waals surface area contributed by atoms with Crippen molar-refractivity contribution in [3.8, 4) is 0 Å². The minimum absolute atomic E-state index is 0.00390. The van der Waals surface area contributed by atoms with Crippen LogP contribution in [0, 0.1) is 5.92 Å². The van der Waals surface area contributed by atoms with E-state index in [1.807, 2.05) is 71.0 Å². The highest BCUT2D eigenvalue weighted by Crippen LogP contribution is 2.31. The highest BCUT2D eigenvalue weighted by molar-refractivity contribution is 5.87. The number of fused-ring (bicyclic) bond motifs is 1. The van der Waals surface area contributed by atoms with Crippen LogP contribution >= 0.6 is 0 Å². The van der Waals surface area contributed by atoms with Crippen molar-refractivity contribution in [2.75, 3.05) is 0 Å². The van der Waals surface area contributed by atoms with E-state index in [0.29, 0.717) is 6.42 Å². The lowest BCUT2D eigenvalue weighted by Crippen LogP contribution is -2.43. The summed E-state index contributed by atoms with van der Waals surface area (Å²) in [6.45, 7) is 9.95. The lowest BCUT2D eigenvalue weighted by Gasteiger charge is -2.36. The molecule has 0 aliphatic heterocycles. The Kier molecular flexibility index (Phi) is 6.39. The number of amides is 1. The van der Waals surface area contributed by atoms with E-state index in [4.69, 9.17) is 4.84 Å². The third kappa shape index (κ3) is 5.24. The second-order valence-electron chi connectivity index (χ2n) is 8.70. The van der Waals surface area contributed by atoms with E-state index >= 15 is 0 Å². The van der Waals surface area contributed by atoms with Gasteiger partial charge in [-0.3, -0.25) is 9.63 Å². The number of nitrogens with zero attached hydrogens (tertiary/aromatic N) is 1. The summed E-state index contributed by atoms with van der Waals surface area (Å²) in [5.41, 5.74) is 1.77. The number of rotatable bonds is 6. The minimum atomic E-state index is -0.471. The van der Waals surface area contributed by atoms with Crippen molar-refractivity contribution in [3.05, 3.63) is 83.9 Å². The first-order valence-electron chi connectivity index (χ1n) is 10.3. The maximum atomic E-state index is 13.5. The van der Waals surface area contributed by atoms with Crippen molar-refractivity contribution in [2.24, 2.45) is 5.92 Å². The maximum absolute atomic E-state index is 13.5. The van der Waals surface area contributed by atoms with Gasteiger partial charge in [-0.2, -0.15) is 0 Å². The lowest BCUT2D eigenvalue weighted by molar-refractivity contribution is -0.244. The van der Waals surface area contributed by atoms with E-state index in [9.17, 15) is 4.79 Å². The molecule has 3 heteroatoms. The molecule has 0 N–H and O–H groups in total. The van der Waals surface area contributed by atoms with Gasteiger partial charge in [0, 0.05) is 5.92 Å². The molecule has 29 heavy (non-hydrogen) atoms. The van der Waals surface area contributed by atoms with Gasteiger partial charge in [-0.05, 0) is 56.0 Å². The van der Waals surface area contributed by atoms with Gasteiger partial charge in [-0.25, -0.2) is 5.06 Å². The molecule has 3 aromatic rings. The zero-order valence-corrected chi connectivity index (χ0v) is 18.1. The molecular formula is C26H31NO2. The molecule has 0 aromatic heterocycles. The number of carbonyl (C=O) groups excluding carboxylic acids is 1. The summed E-state index contributed by atoms with van der Waals surface area (Å²) >= 11 is 0. The third-order valence-electron chi connectivity index (χ3n) is 5.02. The largest absolute Gasteiger partial charge is 0.272 e. The van der Waals surface area contributed by atoms with Crippen LogP contribution in [0.25, 0.3) is 10.8 Å². The van der Waals surface area contributed by atoms with E-state index in [-0.39, 0.29) is 17.9 Å². The summed E-state index contributed by atoms with van der Waals surface area (Å²) in [5.74, 6) is -0.179. The molecule has 0 aliphatic carbocycles. The third-order valence-corrected chi connectivity index (χ3v) is 5.02. The topological polar surface area (TPSA) is 29.5 Å². The average molecular weight is 390 g/mol. The average Bonchev–Trinajstić information content (AvgIpc) is 2.70. The van der Waals surface area contributed by atoms with Crippen molar-refractivity contribution < 1.29 is 9.63 Å². The van der Waals surface area contributed by atoms with Crippen molar-refractivity contribution in [1.29, 1.82) is 0 Å². The summed E-state index contributed by atoms with van der Waals surface area (Å²) in [5, 5.41) is 3.90. The predicted octanol–water partition coefficient (Wildman–Crippen LogP) is 6.34. The van der Waals surface area contributed by atoms with Gasteiger partial charge in [0.05, 0.1) is 11.6 Å². The van der Waals surface area contributed by atoms with Crippen molar-refractivity contribution in [2.45, 2.75) is 52.7 Å². The fraction of sp³-hybridized carbons (Fsp3) is 0.346. The molecule has 1 amide bonds. The van der Waals surface area contributed by atoms with Crippen molar-refractivity contribution in [3.63, 3.8) is 0 Å². The Labute approximate surface area is 174 Å². The van der Waals surface area contributed by atoms with Crippen LogP contribution in [-0.4, -0.2) is 16.6 Å². The monoisotopic (exact) mass is 389 g/mol. The van der Waals surface area contributed by atoms with Gasteiger partial charge in [-0.15, -0.1) is 0 Å². The van der Waals surface area contributed by atoms with Gasteiger partial charge in [-0.1, -0.05) is 79.7 Å². The molecule has 3 rings (SSSR count). The zero-order valence-electron chi connectivity index (χ0n) is 18.1. The lowest BCUT2D eigenvalue weighted by atomic mass is 9.97. The summed E-state index contributed by atoms with van der Waals surface area (Å²) < 4.78 is 0. The van der Waals surface area contributed by atoms with E-state index in [0.717, 1.165) is 21.9 Å². The Morgan fingerprint density at radius 2 is 1.52 bits per heavy atom. The molecule has 0 spiro atoms. The molecule has 0 saturated carbocycles. The molecule has 3 aromatic carbocycles. The van der Waals surface area contributed by atoms with Gasteiger partial charge in [0.2, 0.25) is 5.91 Å². The Morgan fingerprint density at radius 3 is 2.21 bits per heavy atom.